The Kier molecular flexibility index (Phi) is 4.18. The first-order chi connectivity index (χ1) is 9.24. The molecule has 19 heavy (non-hydrogen) atoms. The van der Waals surface area contributed by atoms with Crippen molar-refractivity contribution < 1.29 is 13.9 Å². The maximum Gasteiger partial charge on any atom is 0.167 e. The van der Waals surface area contributed by atoms with E-state index in [0.717, 1.165) is 11.1 Å². The molecule has 0 aromatic heterocycles. The highest BCUT2D eigenvalue weighted by atomic mass is 19.1. The minimum absolute atomic E-state index is 0.250. The molecule has 0 fully saturated rings. The number of halogens is 1. The molecule has 0 bridgehead atoms. The van der Waals surface area contributed by atoms with Crippen molar-refractivity contribution in [2.75, 3.05) is 14.2 Å². The van der Waals surface area contributed by atoms with Crippen LogP contribution in [-0.4, -0.2) is 14.2 Å². The van der Waals surface area contributed by atoms with Gasteiger partial charge < -0.3 is 9.47 Å². The average molecular weight is 258 g/mol. The molecule has 0 N–H and O–H groups in total. The highest BCUT2D eigenvalue weighted by Crippen LogP contribution is 2.31. The summed E-state index contributed by atoms with van der Waals surface area (Å²) in [5.41, 5.74) is 1.68. The third-order valence-electron chi connectivity index (χ3n) is 2.74. The lowest BCUT2D eigenvalue weighted by Gasteiger charge is -2.09. The van der Waals surface area contributed by atoms with Gasteiger partial charge in [0, 0.05) is 5.56 Å². The topological polar surface area (TPSA) is 18.5 Å². The lowest BCUT2D eigenvalue weighted by molar-refractivity contribution is 0.354. The van der Waals surface area contributed by atoms with Gasteiger partial charge in [-0.3, -0.25) is 0 Å². The van der Waals surface area contributed by atoms with Crippen LogP contribution in [0.4, 0.5) is 4.39 Å². The van der Waals surface area contributed by atoms with E-state index in [4.69, 9.17) is 9.47 Å². The van der Waals surface area contributed by atoms with E-state index in [1.54, 1.807) is 20.3 Å². The maximum atomic E-state index is 13.1. The molecular formula is C16H15FO2. The van der Waals surface area contributed by atoms with Crippen molar-refractivity contribution in [3.05, 3.63) is 59.4 Å². The Morgan fingerprint density at radius 2 is 1.74 bits per heavy atom. The maximum absolute atomic E-state index is 13.1. The summed E-state index contributed by atoms with van der Waals surface area (Å²) in [5.74, 6) is 1.08. The molecule has 0 amide bonds. The number of hydrogen-bond acceptors (Lipinski definition) is 2. The number of methoxy groups -OCH3 is 2. The Morgan fingerprint density at radius 3 is 2.42 bits per heavy atom. The number of benzene rings is 2. The van der Waals surface area contributed by atoms with Crippen molar-refractivity contribution in [2.45, 2.75) is 0 Å². The minimum Gasteiger partial charge on any atom is -0.493 e. The molecule has 3 heteroatoms. The smallest absolute Gasteiger partial charge is 0.167 e. The zero-order valence-corrected chi connectivity index (χ0v) is 10.9. The monoisotopic (exact) mass is 258 g/mol. The molecule has 2 aromatic carbocycles. The molecule has 0 atom stereocenters. The number of hydrogen-bond donors (Lipinski definition) is 0. The van der Waals surface area contributed by atoms with Crippen LogP contribution in [0, 0.1) is 5.82 Å². The van der Waals surface area contributed by atoms with E-state index >= 15 is 0 Å². The van der Waals surface area contributed by atoms with E-state index in [-0.39, 0.29) is 5.82 Å². The summed E-state index contributed by atoms with van der Waals surface area (Å²) in [6.45, 7) is 0. The molecule has 2 aromatic rings. The molecule has 98 valence electrons. The molecule has 2 rings (SSSR count). The van der Waals surface area contributed by atoms with Gasteiger partial charge >= 0.3 is 0 Å². The Bertz CT molecular complexity index is 591. The van der Waals surface area contributed by atoms with Crippen molar-refractivity contribution >= 4 is 12.2 Å². The Hall–Kier alpha value is -2.29. The highest BCUT2D eigenvalue weighted by Gasteiger charge is 2.06. The van der Waals surface area contributed by atoms with Crippen LogP contribution in [-0.2, 0) is 0 Å². The molecule has 0 heterocycles. The largest absolute Gasteiger partial charge is 0.493 e. The van der Waals surface area contributed by atoms with Crippen LogP contribution in [0.3, 0.4) is 0 Å². The van der Waals surface area contributed by atoms with Gasteiger partial charge in [-0.15, -0.1) is 0 Å². The second kappa shape index (κ2) is 6.05. The molecular weight excluding hydrogens is 243 g/mol. The van der Waals surface area contributed by atoms with E-state index in [0.29, 0.717) is 11.5 Å². The molecule has 2 nitrogen and oxygen atoms in total. The summed E-state index contributed by atoms with van der Waals surface area (Å²) in [6, 6.07) is 12.0. The summed E-state index contributed by atoms with van der Waals surface area (Å²) in [4.78, 5) is 0. The van der Waals surface area contributed by atoms with Gasteiger partial charge in [0.1, 0.15) is 5.82 Å². The van der Waals surface area contributed by atoms with E-state index in [9.17, 15) is 4.39 Å². The van der Waals surface area contributed by atoms with Crippen LogP contribution in [0.2, 0.25) is 0 Å². The molecule has 0 saturated heterocycles. The van der Waals surface area contributed by atoms with Gasteiger partial charge in [-0.2, -0.15) is 0 Å². The summed E-state index contributed by atoms with van der Waals surface area (Å²) in [6.07, 6.45) is 3.70. The molecule has 0 spiro atoms. The van der Waals surface area contributed by atoms with E-state index in [1.165, 1.54) is 12.1 Å². The van der Waals surface area contributed by atoms with Crippen LogP contribution in [0.5, 0.6) is 11.5 Å². The quantitative estimate of drug-likeness (QED) is 0.771. The average Bonchev–Trinajstić information content (AvgIpc) is 2.44. The van der Waals surface area contributed by atoms with Gasteiger partial charge in [0.15, 0.2) is 11.5 Å². The van der Waals surface area contributed by atoms with Crippen LogP contribution >= 0.6 is 0 Å². The van der Waals surface area contributed by atoms with Gasteiger partial charge in [-0.05, 0) is 23.8 Å². The summed E-state index contributed by atoms with van der Waals surface area (Å²) < 4.78 is 23.6. The van der Waals surface area contributed by atoms with Crippen molar-refractivity contribution in [1.29, 1.82) is 0 Å². The SMILES string of the molecule is COc1cccc(/C=C/c2cccc(F)c2)c1OC. The Balaban J connectivity index is 2.33. The van der Waals surface area contributed by atoms with Crippen LogP contribution in [0.15, 0.2) is 42.5 Å². The van der Waals surface area contributed by atoms with Gasteiger partial charge in [-0.1, -0.05) is 36.4 Å². The fraction of sp³-hybridized carbons (Fsp3) is 0.125. The predicted octanol–water partition coefficient (Wildman–Crippen LogP) is 4.01. The van der Waals surface area contributed by atoms with Crippen LogP contribution < -0.4 is 9.47 Å². The highest BCUT2D eigenvalue weighted by molar-refractivity contribution is 5.74. The standard InChI is InChI=1S/C16H15FO2/c1-18-15-8-4-6-13(16(15)19-2)10-9-12-5-3-7-14(17)11-12/h3-11H,1-2H3/b10-9+. The van der Waals surface area contributed by atoms with Crippen LogP contribution in [0.25, 0.3) is 12.2 Å². The lowest BCUT2D eigenvalue weighted by atomic mass is 10.1. The Labute approximate surface area is 112 Å². The number of rotatable bonds is 4. The van der Waals surface area contributed by atoms with E-state index in [1.807, 2.05) is 36.4 Å². The van der Waals surface area contributed by atoms with Gasteiger partial charge in [-0.25, -0.2) is 4.39 Å². The fourth-order valence-electron chi connectivity index (χ4n) is 1.84. The predicted molar refractivity (Wildman–Crippen MR) is 74.9 cm³/mol. The molecule has 0 aliphatic heterocycles. The third-order valence-corrected chi connectivity index (χ3v) is 2.74. The van der Waals surface area contributed by atoms with E-state index < -0.39 is 0 Å². The number of ether oxygens (including phenoxy) is 2. The lowest BCUT2D eigenvalue weighted by Crippen LogP contribution is -1.92. The first kappa shape index (κ1) is 13.1. The van der Waals surface area contributed by atoms with Gasteiger partial charge in [0.05, 0.1) is 14.2 Å². The molecule has 0 radical (unpaired) electrons. The second-order valence-electron chi connectivity index (χ2n) is 3.97. The Morgan fingerprint density at radius 1 is 0.947 bits per heavy atom. The van der Waals surface area contributed by atoms with Gasteiger partial charge in [0.2, 0.25) is 0 Å². The zero-order valence-electron chi connectivity index (χ0n) is 10.9. The van der Waals surface area contributed by atoms with Crippen molar-refractivity contribution in [2.24, 2.45) is 0 Å². The summed E-state index contributed by atoms with van der Waals surface area (Å²) >= 11 is 0. The first-order valence-electron chi connectivity index (χ1n) is 5.89. The van der Waals surface area contributed by atoms with Crippen LogP contribution in [0.1, 0.15) is 11.1 Å². The molecule has 0 unspecified atom stereocenters. The zero-order chi connectivity index (χ0) is 13.7. The minimum atomic E-state index is -0.250. The molecule has 0 aliphatic rings. The van der Waals surface area contributed by atoms with E-state index in [2.05, 4.69) is 0 Å². The molecule has 0 aliphatic carbocycles. The van der Waals surface area contributed by atoms with Crippen molar-refractivity contribution in [3.8, 4) is 11.5 Å². The first-order valence-corrected chi connectivity index (χ1v) is 5.89. The second-order valence-corrected chi connectivity index (χ2v) is 3.97. The van der Waals surface area contributed by atoms with Crippen molar-refractivity contribution in [3.63, 3.8) is 0 Å². The fourth-order valence-corrected chi connectivity index (χ4v) is 1.84. The van der Waals surface area contributed by atoms with Gasteiger partial charge in [0.25, 0.3) is 0 Å². The summed E-state index contributed by atoms with van der Waals surface area (Å²) in [7, 11) is 3.19. The normalized spacial score (nSPS) is 10.7. The van der Waals surface area contributed by atoms with Crippen molar-refractivity contribution in [1.82, 2.24) is 0 Å². The number of para-hydroxylation sites is 1. The third kappa shape index (κ3) is 3.13. The molecule has 0 saturated carbocycles. The summed E-state index contributed by atoms with van der Waals surface area (Å²) in [5, 5.41) is 0.